The number of halogens is 1. The zero-order chi connectivity index (χ0) is 16.1. The minimum absolute atomic E-state index is 0.0194. The number of ether oxygens (including phenoxy) is 2. The summed E-state index contributed by atoms with van der Waals surface area (Å²) >= 11 is 1.39. The lowest BCUT2D eigenvalue weighted by atomic mass is 10.1. The van der Waals surface area contributed by atoms with E-state index in [1.54, 1.807) is 17.5 Å². The minimum Gasteiger partial charge on any atom is -0.463 e. The summed E-state index contributed by atoms with van der Waals surface area (Å²) in [7, 11) is 0. The molecule has 0 spiro atoms. The molecule has 1 fully saturated rings. The number of thiazole rings is 1. The molecule has 1 aromatic carbocycles. The molecular weight excluding hydrogens is 317 g/mol. The zero-order valence-corrected chi connectivity index (χ0v) is 13.5. The molecule has 1 aliphatic rings. The molecule has 2 heterocycles. The SMILES string of the molecule is O=C(Cc1csc(-c2cccc(F)c2)n1)OCC1CCCCO1. The van der Waals surface area contributed by atoms with Crippen LogP contribution in [0.25, 0.3) is 10.6 Å². The first-order valence-corrected chi connectivity index (χ1v) is 8.56. The third kappa shape index (κ3) is 4.59. The minimum atomic E-state index is -0.310. The molecule has 1 aliphatic heterocycles. The highest BCUT2D eigenvalue weighted by molar-refractivity contribution is 7.13. The summed E-state index contributed by atoms with van der Waals surface area (Å²) in [6.07, 6.45) is 3.27. The maximum Gasteiger partial charge on any atom is 0.311 e. The monoisotopic (exact) mass is 335 g/mol. The van der Waals surface area contributed by atoms with E-state index < -0.39 is 0 Å². The van der Waals surface area contributed by atoms with Crippen LogP contribution in [0.2, 0.25) is 0 Å². The highest BCUT2D eigenvalue weighted by Gasteiger charge is 2.17. The second kappa shape index (κ2) is 7.66. The van der Waals surface area contributed by atoms with E-state index in [0.717, 1.165) is 25.9 Å². The van der Waals surface area contributed by atoms with Crippen LogP contribution in [0.1, 0.15) is 25.0 Å². The van der Waals surface area contributed by atoms with Crippen molar-refractivity contribution in [2.75, 3.05) is 13.2 Å². The Balaban J connectivity index is 1.53. The molecule has 3 rings (SSSR count). The number of hydrogen-bond acceptors (Lipinski definition) is 5. The van der Waals surface area contributed by atoms with Crippen LogP contribution in [0.15, 0.2) is 29.6 Å². The average Bonchev–Trinajstić information content (AvgIpc) is 3.02. The number of carbonyl (C=O) groups excluding carboxylic acids is 1. The molecular formula is C17H18FNO3S. The first kappa shape index (κ1) is 16.1. The Labute approximate surface area is 138 Å². The molecule has 4 nitrogen and oxygen atoms in total. The fourth-order valence-corrected chi connectivity index (χ4v) is 3.28. The molecule has 0 radical (unpaired) electrons. The van der Waals surface area contributed by atoms with Gasteiger partial charge in [-0.3, -0.25) is 4.79 Å². The summed E-state index contributed by atoms with van der Waals surface area (Å²) in [6.45, 7) is 1.05. The molecule has 1 aromatic heterocycles. The van der Waals surface area contributed by atoms with Gasteiger partial charge in [0, 0.05) is 17.6 Å². The van der Waals surface area contributed by atoms with Gasteiger partial charge in [-0.1, -0.05) is 12.1 Å². The third-order valence-electron chi connectivity index (χ3n) is 3.65. The van der Waals surface area contributed by atoms with Gasteiger partial charge >= 0.3 is 5.97 Å². The summed E-state index contributed by atoms with van der Waals surface area (Å²) in [4.78, 5) is 16.3. The maximum atomic E-state index is 13.2. The quantitative estimate of drug-likeness (QED) is 0.783. The fourth-order valence-electron chi connectivity index (χ4n) is 2.47. The van der Waals surface area contributed by atoms with E-state index in [0.29, 0.717) is 22.9 Å². The molecule has 1 atom stereocenters. The van der Waals surface area contributed by atoms with Crippen LogP contribution in [0.4, 0.5) is 4.39 Å². The highest BCUT2D eigenvalue weighted by atomic mass is 32.1. The van der Waals surface area contributed by atoms with Crippen molar-refractivity contribution in [1.29, 1.82) is 0 Å². The lowest BCUT2D eigenvalue weighted by Gasteiger charge is -2.21. The van der Waals surface area contributed by atoms with Gasteiger partial charge in [-0.2, -0.15) is 0 Å². The van der Waals surface area contributed by atoms with Gasteiger partial charge in [0.2, 0.25) is 0 Å². The van der Waals surface area contributed by atoms with E-state index in [2.05, 4.69) is 4.98 Å². The number of benzene rings is 1. The lowest BCUT2D eigenvalue weighted by Crippen LogP contribution is -2.26. The Kier molecular flexibility index (Phi) is 5.35. The van der Waals surface area contributed by atoms with Crippen LogP contribution in [0.5, 0.6) is 0 Å². The Bertz CT molecular complexity index is 667. The van der Waals surface area contributed by atoms with Gasteiger partial charge in [0.15, 0.2) is 0 Å². The van der Waals surface area contributed by atoms with Gasteiger partial charge in [0.05, 0.1) is 18.2 Å². The Morgan fingerprint density at radius 2 is 2.35 bits per heavy atom. The predicted octanol–water partition coefficient (Wildman–Crippen LogP) is 3.60. The lowest BCUT2D eigenvalue weighted by molar-refractivity contribution is -0.148. The molecule has 1 unspecified atom stereocenters. The topological polar surface area (TPSA) is 48.4 Å². The first-order valence-electron chi connectivity index (χ1n) is 7.68. The van der Waals surface area contributed by atoms with Crippen LogP contribution in [0, 0.1) is 5.82 Å². The van der Waals surface area contributed by atoms with Crippen molar-refractivity contribution in [3.63, 3.8) is 0 Å². The van der Waals surface area contributed by atoms with Gasteiger partial charge in [-0.05, 0) is 31.4 Å². The molecule has 0 aliphatic carbocycles. The Hall–Kier alpha value is -1.79. The summed E-state index contributed by atoms with van der Waals surface area (Å²) in [5.74, 6) is -0.610. The van der Waals surface area contributed by atoms with Gasteiger partial charge in [0.25, 0.3) is 0 Å². The highest BCUT2D eigenvalue weighted by Crippen LogP contribution is 2.24. The molecule has 0 saturated carbocycles. The molecule has 122 valence electrons. The Morgan fingerprint density at radius 1 is 1.43 bits per heavy atom. The van der Waals surface area contributed by atoms with E-state index in [-0.39, 0.29) is 24.3 Å². The summed E-state index contributed by atoms with van der Waals surface area (Å²) in [5.41, 5.74) is 1.36. The van der Waals surface area contributed by atoms with E-state index >= 15 is 0 Å². The average molecular weight is 335 g/mol. The van der Waals surface area contributed by atoms with Crippen molar-refractivity contribution >= 4 is 17.3 Å². The van der Waals surface area contributed by atoms with Crippen LogP contribution < -0.4 is 0 Å². The van der Waals surface area contributed by atoms with E-state index in [1.807, 2.05) is 0 Å². The number of esters is 1. The predicted molar refractivity (Wildman–Crippen MR) is 85.8 cm³/mol. The van der Waals surface area contributed by atoms with E-state index in [4.69, 9.17) is 9.47 Å². The largest absolute Gasteiger partial charge is 0.463 e. The fraction of sp³-hybridized carbons (Fsp3) is 0.412. The van der Waals surface area contributed by atoms with Crippen molar-refractivity contribution in [2.45, 2.75) is 31.8 Å². The number of hydrogen-bond donors (Lipinski definition) is 0. The molecule has 6 heteroatoms. The van der Waals surface area contributed by atoms with E-state index in [1.165, 1.54) is 23.5 Å². The van der Waals surface area contributed by atoms with Crippen LogP contribution in [0.3, 0.4) is 0 Å². The zero-order valence-electron chi connectivity index (χ0n) is 12.7. The number of rotatable bonds is 5. The van der Waals surface area contributed by atoms with Crippen molar-refractivity contribution in [2.24, 2.45) is 0 Å². The molecule has 0 amide bonds. The molecule has 1 saturated heterocycles. The number of aromatic nitrogens is 1. The van der Waals surface area contributed by atoms with Crippen molar-refractivity contribution in [3.8, 4) is 10.6 Å². The molecule has 0 N–H and O–H groups in total. The number of carbonyl (C=O) groups is 1. The normalized spacial score (nSPS) is 17.9. The third-order valence-corrected chi connectivity index (χ3v) is 4.59. The standard InChI is InChI=1S/C17H18FNO3S/c18-13-5-3-4-12(8-13)17-19-14(11-23-17)9-16(20)22-10-15-6-1-2-7-21-15/h3-5,8,11,15H,1-2,6-7,9-10H2. The first-order chi connectivity index (χ1) is 11.2. The molecule has 2 aromatic rings. The molecule has 23 heavy (non-hydrogen) atoms. The van der Waals surface area contributed by atoms with Crippen LogP contribution in [-0.2, 0) is 20.7 Å². The van der Waals surface area contributed by atoms with E-state index in [9.17, 15) is 9.18 Å². The summed E-state index contributed by atoms with van der Waals surface area (Å²) in [5, 5.41) is 2.50. The maximum absolute atomic E-state index is 13.2. The van der Waals surface area contributed by atoms with Gasteiger partial charge in [-0.15, -0.1) is 11.3 Å². The summed E-state index contributed by atoms with van der Waals surface area (Å²) < 4.78 is 24.0. The summed E-state index contributed by atoms with van der Waals surface area (Å²) in [6, 6.07) is 6.26. The van der Waals surface area contributed by atoms with Crippen LogP contribution >= 0.6 is 11.3 Å². The second-order valence-corrected chi connectivity index (χ2v) is 6.36. The van der Waals surface area contributed by atoms with Crippen LogP contribution in [-0.4, -0.2) is 30.3 Å². The van der Waals surface area contributed by atoms with Gasteiger partial charge in [-0.25, -0.2) is 9.37 Å². The molecule has 0 bridgehead atoms. The number of nitrogens with zero attached hydrogens (tertiary/aromatic N) is 1. The second-order valence-electron chi connectivity index (χ2n) is 5.50. The van der Waals surface area contributed by atoms with Gasteiger partial charge in [0.1, 0.15) is 17.4 Å². The van der Waals surface area contributed by atoms with Crippen molar-refractivity contribution < 1.29 is 18.7 Å². The van der Waals surface area contributed by atoms with Gasteiger partial charge < -0.3 is 9.47 Å². The smallest absolute Gasteiger partial charge is 0.311 e. The van der Waals surface area contributed by atoms with Crippen molar-refractivity contribution in [1.82, 2.24) is 4.98 Å². The van der Waals surface area contributed by atoms with Crippen molar-refractivity contribution in [3.05, 3.63) is 41.2 Å². The Morgan fingerprint density at radius 3 is 3.13 bits per heavy atom.